The normalized spacial score (nSPS) is 15.8. The van der Waals surface area contributed by atoms with E-state index in [-0.39, 0.29) is 37.4 Å². The number of likely N-dealkylation sites (N-methyl/N-ethyl adjacent to an activating group) is 2. The van der Waals surface area contributed by atoms with Gasteiger partial charge < -0.3 is 25.6 Å². The minimum absolute atomic E-state index is 0.0350. The minimum Gasteiger partial charge on any atom is -0.477 e. The van der Waals surface area contributed by atoms with Gasteiger partial charge in [0.05, 0.1) is 25.3 Å². The van der Waals surface area contributed by atoms with Crippen LogP contribution in [-0.4, -0.2) is 57.1 Å². The average molecular weight is 334 g/mol. The van der Waals surface area contributed by atoms with E-state index in [1.165, 1.54) is 7.05 Å². The average Bonchev–Trinajstić information content (AvgIpc) is 2.59. The van der Waals surface area contributed by atoms with Gasteiger partial charge in [-0.3, -0.25) is 14.4 Å². The molecule has 1 aliphatic heterocycles. The van der Waals surface area contributed by atoms with Crippen LogP contribution in [0.2, 0.25) is 0 Å². The van der Waals surface area contributed by atoms with Gasteiger partial charge >= 0.3 is 0 Å². The third-order valence-corrected chi connectivity index (χ3v) is 3.55. The molecule has 130 valence electrons. The SMILES string of the molecule is CCNC(=O)CNC(=O)CN1C[C@H](C(=O)NC)Oc2ccccc21. The van der Waals surface area contributed by atoms with E-state index in [4.69, 9.17) is 4.74 Å². The predicted octanol–water partition coefficient (Wildman–Crippen LogP) is -0.748. The molecule has 0 radical (unpaired) electrons. The predicted molar refractivity (Wildman–Crippen MR) is 88.8 cm³/mol. The van der Waals surface area contributed by atoms with E-state index in [9.17, 15) is 14.4 Å². The maximum atomic E-state index is 12.1. The first-order valence-electron chi connectivity index (χ1n) is 7.80. The van der Waals surface area contributed by atoms with E-state index in [0.717, 1.165) is 5.69 Å². The highest BCUT2D eigenvalue weighted by Crippen LogP contribution is 2.32. The molecule has 8 heteroatoms. The number of amides is 3. The number of rotatable bonds is 6. The number of hydrogen-bond donors (Lipinski definition) is 3. The molecule has 0 saturated heterocycles. The fraction of sp³-hybridized carbons (Fsp3) is 0.438. The maximum absolute atomic E-state index is 12.1. The molecule has 8 nitrogen and oxygen atoms in total. The van der Waals surface area contributed by atoms with Crippen molar-refractivity contribution < 1.29 is 19.1 Å². The summed E-state index contributed by atoms with van der Waals surface area (Å²) in [6.45, 7) is 2.54. The second-order valence-corrected chi connectivity index (χ2v) is 5.30. The molecule has 24 heavy (non-hydrogen) atoms. The van der Waals surface area contributed by atoms with E-state index in [2.05, 4.69) is 16.0 Å². The van der Waals surface area contributed by atoms with Crippen LogP contribution in [0.5, 0.6) is 5.75 Å². The second-order valence-electron chi connectivity index (χ2n) is 5.30. The van der Waals surface area contributed by atoms with Crippen LogP contribution in [-0.2, 0) is 14.4 Å². The molecule has 1 aromatic carbocycles. The van der Waals surface area contributed by atoms with Crippen LogP contribution in [0.4, 0.5) is 5.69 Å². The molecule has 2 rings (SSSR count). The van der Waals surface area contributed by atoms with Crippen LogP contribution in [0.1, 0.15) is 6.92 Å². The number of hydrogen-bond acceptors (Lipinski definition) is 5. The molecule has 1 atom stereocenters. The van der Waals surface area contributed by atoms with Gasteiger partial charge in [-0.25, -0.2) is 0 Å². The number of anilines is 1. The lowest BCUT2D eigenvalue weighted by molar-refractivity contribution is -0.128. The lowest BCUT2D eigenvalue weighted by atomic mass is 10.1. The van der Waals surface area contributed by atoms with E-state index in [0.29, 0.717) is 12.3 Å². The summed E-state index contributed by atoms with van der Waals surface area (Å²) in [4.78, 5) is 37.2. The lowest BCUT2D eigenvalue weighted by Crippen LogP contribution is -2.51. The Hall–Kier alpha value is -2.77. The molecular formula is C16H22N4O4. The van der Waals surface area contributed by atoms with Gasteiger partial charge in [0.25, 0.3) is 5.91 Å². The molecule has 0 spiro atoms. The Morgan fingerprint density at radius 1 is 1.21 bits per heavy atom. The Bertz CT molecular complexity index is 620. The first kappa shape index (κ1) is 17.6. The van der Waals surface area contributed by atoms with Gasteiger partial charge in [0.2, 0.25) is 11.8 Å². The summed E-state index contributed by atoms with van der Waals surface area (Å²) < 4.78 is 5.68. The Balaban J connectivity index is 2.03. The highest BCUT2D eigenvalue weighted by Gasteiger charge is 2.30. The van der Waals surface area contributed by atoms with E-state index >= 15 is 0 Å². The summed E-state index contributed by atoms with van der Waals surface area (Å²) in [6.07, 6.45) is -0.693. The molecular weight excluding hydrogens is 312 g/mol. The number of ether oxygens (including phenoxy) is 1. The summed E-state index contributed by atoms with van der Waals surface area (Å²) >= 11 is 0. The van der Waals surface area contributed by atoms with Gasteiger partial charge in [-0.05, 0) is 19.1 Å². The molecule has 3 amide bonds. The second kappa shape index (κ2) is 8.19. The van der Waals surface area contributed by atoms with Crippen molar-refractivity contribution in [3.63, 3.8) is 0 Å². The number of fused-ring (bicyclic) bond motifs is 1. The van der Waals surface area contributed by atoms with Gasteiger partial charge in [-0.1, -0.05) is 12.1 Å². The summed E-state index contributed by atoms with van der Waals surface area (Å²) in [5.74, 6) is -0.240. The molecule has 0 fully saturated rings. The zero-order chi connectivity index (χ0) is 17.5. The first-order chi connectivity index (χ1) is 11.5. The zero-order valence-electron chi connectivity index (χ0n) is 13.8. The van der Waals surface area contributed by atoms with Crippen molar-refractivity contribution in [1.29, 1.82) is 0 Å². The van der Waals surface area contributed by atoms with Crippen LogP contribution >= 0.6 is 0 Å². The van der Waals surface area contributed by atoms with Crippen molar-refractivity contribution in [3.05, 3.63) is 24.3 Å². The third-order valence-electron chi connectivity index (χ3n) is 3.55. The molecule has 0 bridgehead atoms. The van der Waals surface area contributed by atoms with Crippen molar-refractivity contribution >= 4 is 23.4 Å². The summed E-state index contributed by atoms with van der Waals surface area (Å²) in [5, 5.41) is 7.73. The maximum Gasteiger partial charge on any atom is 0.262 e. The smallest absolute Gasteiger partial charge is 0.262 e. The van der Waals surface area contributed by atoms with E-state index in [1.807, 2.05) is 19.1 Å². The van der Waals surface area contributed by atoms with Crippen LogP contribution < -0.4 is 25.6 Å². The van der Waals surface area contributed by atoms with Crippen molar-refractivity contribution in [3.8, 4) is 5.75 Å². The van der Waals surface area contributed by atoms with Crippen LogP contribution in [0.25, 0.3) is 0 Å². The van der Waals surface area contributed by atoms with E-state index < -0.39 is 6.10 Å². The molecule has 0 aliphatic carbocycles. The number of nitrogens with zero attached hydrogens (tertiary/aromatic N) is 1. The van der Waals surface area contributed by atoms with Crippen LogP contribution in [0.3, 0.4) is 0 Å². The zero-order valence-corrected chi connectivity index (χ0v) is 13.8. The fourth-order valence-electron chi connectivity index (χ4n) is 2.42. The topological polar surface area (TPSA) is 99.8 Å². The van der Waals surface area contributed by atoms with Crippen LogP contribution in [0.15, 0.2) is 24.3 Å². The highest BCUT2D eigenvalue weighted by atomic mass is 16.5. The number of carbonyl (C=O) groups is 3. The van der Waals surface area contributed by atoms with Gasteiger partial charge in [0.1, 0.15) is 5.75 Å². The quantitative estimate of drug-likeness (QED) is 0.636. The minimum atomic E-state index is -0.693. The molecule has 1 aromatic rings. The third kappa shape index (κ3) is 4.37. The fourth-order valence-corrected chi connectivity index (χ4v) is 2.42. The van der Waals surface area contributed by atoms with Crippen molar-refractivity contribution in [2.75, 3.05) is 38.1 Å². The number of carbonyl (C=O) groups excluding carboxylic acids is 3. The largest absolute Gasteiger partial charge is 0.477 e. The number of nitrogens with one attached hydrogen (secondary N) is 3. The molecule has 0 unspecified atom stereocenters. The van der Waals surface area contributed by atoms with Crippen molar-refractivity contribution in [2.24, 2.45) is 0 Å². The number of benzene rings is 1. The Morgan fingerprint density at radius 2 is 1.96 bits per heavy atom. The Labute approximate surface area is 140 Å². The summed E-state index contributed by atoms with van der Waals surface area (Å²) in [5.41, 5.74) is 0.741. The summed E-state index contributed by atoms with van der Waals surface area (Å²) in [7, 11) is 1.54. The summed E-state index contributed by atoms with van der Waals surface area (Å²) in [6, 6.07) is 7.22. The standard InChI is InChI=1S/C16H22N4O4/c1-3-18-14(21)8-19-15(22)10-20-9-13(16(23)17-2)24-12-7-5-4-6-11(12)20/h4-7,13H,3,8-10H2,1-2H3,(H,17,23)(H,18,21)(H,19,22)/t13-/m1/s1. The monoisotopic (exact) mass is 334 g/mol. The first-order valence-corrected chi connectivity index (χ1v) is 7.80. The van der Waals surface area contributed by atoms with Gasteiger partial charge in [-0.15, -0.1) is 0 Å². The Morgan fingerprint density at radius 3 is 2.67 bits per heavy atom. The number of para-hydroxylation sites is 2. The molecule has 0 saturated carbocycles. The van der Waals surface area contributed by atoms with Crippen molar-refractivity contribution in [1.82, 2.24) is 16.0 Å². The van der Waals surface area contributed by atoms with Gasteiger partial charge in [0.15, 0.2) is 6.10 Å². The van der Waals surface area contributed by atoms with Gasteiger partial charge in [-0.2, -0.15) is 0 Å². The molecule has 1 heterocycles. The highest BCUT2D eigenvalue weighted by molar-refractivity contribution is 5.88. The van der Waals surface area contributed by atoms with Gasteiger partial charge in [0, 0.05) is 13.6 Å². The lowest BCUT2D eigenvalue weighted by Gasteiger charge is -2.34. The van der Waals surface area contributed by atoms with E-state index in [1.54, 1.807) is 17.0 Å². The molecule has 1 aliphatic rings. The molecule has 3 N–H and O–H groups in total. The van der Waals surface area contributed by atoms with Crippen molar-refractivity contribution in [2.45, 2.75) is 13.0 Å². The van der Waals surface area contributed by atoms with Crippen LogP contribution in [0, 0.1) is 0 Å². The Kier molecular flexibility index (Phi) is 6.00. The molecule has 0 aromatic heterocycles.